The van der Waals surface area contributed by atoms with Crippen LogP contribution in [0.4, 0.5) is 4.79 Å². The van der Waals surface area contributed by atoms with E-state index in [0.29, 0.717) is 55.2 Å². The van der Waals surface area contributed by atoms with E-state index >= 15 is 0 Å². The van der Waals surface area contributed by atoms with Gasteiger partial charge in [-0.2, -0.15) is 0 Å². The fraction of sp³-hybridized carbons (Fsp3) is 0.344. The summed E-state index contributed by atoms with van der Waals surface area (Å²) in [4.78, 5) is 32.7. The maximum atomic E-state index is 12.8. The molecule has 41 heavy (non-hydrogen) atoms. The average Bonchev–Trinajstić information content (AvgIpc) is 2.93. The second kappa shape index (κ2) is 13.1. The minimum absolute atomic E-state index is 0.128. The number of rotatable bonds is 7. The zero-order valence-corrected chi connectivity index (χ0v) is 24.9. The van der Waals surface area contributed by atoms with E-state index < -0.39 is 5.60 Å². The van der Waals surface area contributed by atoms with Crippen molar-refractivity contribution in [3.8, 4) is 17.4 Å². The maximum Gasteiger partial charge on any atom is 0.410 e. The molecule has 2 aromatic carbocycles. The minimum Gasteiger partial charge on any atom is -0.487 e. The fourth-order valence-electron chi connectivity index (χ4n) is 4.16. The molecule has 1 fully saturated rings. The molecule has 0 bridgehead atoms. The second-order valence-electron chi connectivity index (χ2n) is 11.0. The van der Waals surface area contributed by atoms with Crippen molar-refractivity contribution < 1.29 is 23.8 Å². The van der Waals surface area contributed by atoms with E-state index in [1.54, 1.807) is 40.3 Å². The van der Waals surface area contributed by atoms with Crippen molar-refractivity contribution in [2.24, 2.45) is 0 Å². The molecular formula is C32H36ClN3O5. The lowest BCUT2D eigenvalue weighted by Crippen LogP contribution is -2.51. The molecule has 0 spiro atoms. The smallest absolute Gasteiger partial charge is 0.410 e. The van der Waals surface area contributed by atoms with E-state index in [1.807, 2.05) is 52.8 Å². The third-order valence-corrected chi connectivity index (χ3v) is 6.64. The van der Waals surface area contributed by atoms with Crippen molar-refractivity contribution in [3.05, 3.63) is 88.1 Å². The molecule has 4 rings (SSSR count). The van der Waals surface area contributed by atoms with E-state index in [9.17, 15) is 9.59 Å². The molecule has 0 unspecified atom stereocenters. The van der Waals surface area contributed by atoms with Crippen LogP contribution in [0.1, 0.15) is 43.0 Å². The molecule has 216 valence electrons. The van der Waals surface area contributed by atoms with Crippen LogP contribution in [0.25, 0.3) is 6.08 Å². The Kier molecular flexibility index (Phi) is 9.55. The lowest BCUT2D eigenvalue weighted by atomic mass is 10.1. The van der Waals surface area contributed by atoms with Gasteiger partial charge in [-0.25, -0.2) is 9.78 Å². The Morgan fingerprint density at radius 1 is 0.976 bits per heavy atom. The second-order valence-corrected chi connectivity index (χ2v) is 11.4. The summed E-state index contributed by atoms with van der Waals surface area (Å²) in [5.74, 6) is 1.39. The summed E-state index contributed by atoms with van der Waals surface area (Å²) in [7, 11) is 0. The number of carbonyl (C=O) groups is 2. The highest BCUT2D eigenvalue weighted by Crippen LogP contribution is 2.34. The van der Waals surface area contributed by atoms with Crippen LogP contribution in [0, 0.1) is 13.8 Å². The summed E-state index contributed by atoms with van der Waals surface area (Å²) in [6, 6.07) is 15.3. The van der Waals surface area contributed by atoms with Gasteiger partial charge in [0.05, 0.1) is 11.2 Å². The van der Waals surface area contributed by atoms with Gasteiger partial charge < -0.3 is 24.0 Å². The maximum absolute atomic E-state index is 12.8. The van der Waals surface area contributed by atoms with Crippen LogP contribution in [0.5, 0.6) is 17.4 Å². The van der Waals surface area contributed by atoms with Crippen molar-refractivity contribution in [2.75, 3.05) is 26.2 Å². The first-order valence-electron chi connectivity index (χ1n) is 13.5. The van der Waals surface area contributed by atoms with Gasteiger partial charge in [-0.05, 0) is 75.6 Å². The van der Waals surface area contributed by atoms with Crippen LogP contribution >= 0.6 is 11.6 Å². The third-order valence-electron chi connectivity index (χ3n) is 6.35. The van der Waals surface area contributed by atoms with Gasteiger partial charge in [0.2, 0.25) is 11.8 Å². The number of carbonyl (C=O) groups excluding carboxylic acids is 2. The van der Waals surface area contributed by atoms with Crippen LogP contribution in [0.15, 0.2) is 60.8 Å². The number of pyridine rings is 1. The quantitative estimate of drug-likeness (QED) is 0.287. The zero-order valence-electron chi connectivity index (χ0n) is 24.1. The number of hydrogen-bond acceptors (Lipinski definition) is 6. The summed E-state index contributed by atoms with van der Waals surface area (Å²) in [5, 5.41) is 0.407. The van der Waals surface area contributed by atoms with Crippen molar-refractivity contribution in [1.29, 1.82) is 0 Å². The van der Waals surface area contributed by atoms with Gasteiger partial charge in [-0.15, -0.1) is 0 Å². The Labute approximate surface area is 246 Å². The van der Waals surface area contributed by atoms with Gasteiger partial charge in [0, 0.05) is 38.3 Å². The van der Waals surface area contributed by atoms with Gasteiger partial charge in [-0.3, -0.25) is 4.79 Å². The van der Waals surface area contributed by atoms with Gasteiger partial charge in [0.1, 0.15) is 18.0 Å². The summed E-state index contributed by atoms with van der Waals surface area (Å²) in [6.45, 7) is 11.6. The van der Waals surface area contributed by atoms with Crippen molar-refractivity contribution >= 4 is 29.7 Å². The van der Waals surface area contributed by atoms with Crippen LogP contribution < -0.4 is 9.47 Å². The first kappa shape index (κ1) is 29.9. The van der Waals surface area contributed by atoms with Crippen molar-refractivity contribution in [1.82, 2.24) is 14.8 Å². The standard InChI is InChI=1S/C32H36ClN3O5/c1-22-6-8-24(9-7-22)21-39-26-11-12-28(34-20-26)40-30-23(2)18-25(19-27(30)33)10-13-29(37)35-14-16-36(17-15-35)31(38)41-32(3,4)5/h6-13,18-20H,14-17,21H2,1-5H3/b13-10+. The Morgan fingerprint density at radius 2 is 1.66 bits per heavy atom. The monoisotopic (exact) mass is 577 g/mol. The van der Waals surface area contributed by atoms with Crippen LogP contribution in [0.2, 0.25) is 5.02 Å². The van der Waals surface area contributed by atoms with Gasteiger partial charge >= 0.3 is 6.09 Å². The highest BCUT2D eigenvalue weighted by Gasteiger charge is 2.27. The minimum atomic E-state index is -0.551. The molecule has 1 saturated heterocycles. The van der Waals surface area contributed by atoms with E-state index in [1.165, 1.54) is 11.6 Å². The Hall–Kier alpha value is -4.04. The molecule has 0 radical (unpaired) electrons. The summed E-state index contributed by atoms with van der Waals surface area (Å²) in [6.07, 6.45) is 4.50. The largest absolute Gasteiger partial charge is 0.487 e. The molecule has 1 aliphatic heterocycles. The van der Waals surface area contributed by atoms with E-state index in [-0.39, 0.29) is 12.0 Å². The van der Waals surface area contributed by atoms with Crippen LogP contribution in [-0.2, 0) is 16.1 Å². The normalized spacial score (nSPS) is 13.8. The number of piperazine rings is 1. The average molecular weight is 578 g/mol. The van der Waals surface area contributed by atoms with Gasteiger partial charge in [0.25, 0.3) is 0 Å². The van der Waals surface area contributed by atoms with E-state index in [4.69, 9.17) is 25.8 Å². The predicted octanol–water partition coefficient (Wildman–Crippen LogP) is 6.82. The summed E-state index contributed by atoms with van der Waals surface area (Å²) >= 11 is 6.54. The molecule has 1 aliphatic rings. The topological polar surface area (TPSA) is 81.2 Å². The van der Waals surface area contributed by atoms with Crippen LogP contribution in [-0.4, -0.2) is 58.6 Å². The molecule has 2 amide bonds. The highest BCUT2D eigenvalue weighted by atomic mass is 35.5. The van der Waals surface area contributed by atoms with Crippen molar-refractivity contribution in [2.45, 2.75) is 46.8 Å². The highest BCUT2D eigenvalue weighted by molar-refractivity contribution is 6.32. The molecule has 9 heteroatoms. The fourth-order valence-corrected chi connectivity index (χ4v) is 4.47. The summed E-state index contributed by atoms with van der Waals surface area (Å²) in [5.41, 5.74) is 3.31. The number of nitrogens with zero attached hydrogens (tertiary/aromatic N) is 3. The molecule has 2 heterocycles. The summed E-state index contributed by atoms with van der Waals surface area (Å²) < 4.78 is 17.2. The molecule has 1 aromatic heterocycles. The number of aryl methyl sites for hydroxylation is 2. The van der Waals surface area contributed by atoms with E-state index in [0.717, 1.165) is 16.7 Å². The number of halogens is 1. The first-order chi connectivity index (χ1) is 19.5. The molecule has 0 atom stereocenters. The molecule has 0 aliphatic carbocycles. The number of benzene rings is 2. The predicted molar refractivity (Wildman–Crippen MR) is 159 cm³/mol. The number of aromatic nitrogens is 1. The molecule has 0 saturated carbocycles. The van der Waals surface area contributed by atoms with Crippen molar-refractivity contribution in [3.63, 3.8) is 0 Å². The lowest BCUT2D eigenvalue weighted by Gasteiger charge is -2.35. The van der Waals surface area contributed by atoms with E-state index in [2.05, 4.69) is 17.1 Å². The molecular weight excluding hydrogens is 542 g/mol. The number of amides is 2. The number of ether oxygens (including phenoxy) is 3. The Balaban J connectivity index is 1.30. The number of hydrogen-bond donors (Lipinski definition) is 0. The SMILES string of the molecule is Cc1ccc(COc2ccc(Oc3c(C)cc(/C=C/C(=O)N4CCN(C(=O)OC(C)(C)C)CC4)cc3Cl)nc2)cc1. The molecule has 0 N–H and O–H groups in total. The molecule has 8 nitrogen and oxygen atoms in total. The Bertz CT molecular complexity index is 1370. The molecule has 3 aromatic rings. The lowest BCUT2D eigenvalue weighted by molar-refractivity contribution is -0.127. The van der Waals surface area contributed by atoms with Gasteiger partial charge in [0.15, 0.2) is 5.75 Å². The third kappa shape index (κ3) is 8.72. The first-order valence-corrected chi connectivity index (χ1v) is 13.9. The Morgan fingerprint density at radius 3 is 2.27 bits per heavy atom. The van der Waals surface area contributed by atoms with Crippen LogP contribution in [0.3, 0.4) is 0 Å². The van der Waals surface area contributed by atoms with Gasteiger partial charge in [-0.1, -0.05) is 41.4 Å². The zero-order chi connectivity index (χ0) is 29.6.